The minimum atomic E-state index is -0.200. The van der Waals surface area contributed by atoms with Gasteiger partial charge in [-0.3, -0.25) is 14.5 Å². The quantitative estimate of drug-likeness (QED) is 0.857. The zero-order chi connectivity index (χ0) is 16.6. The number of rotatable bonds is 3. The van der Waals surface area contributed by atoms with Crippen LogP contribution in [-0.4, -0.2) is 49.5 Å². The highest BCUT2D eigenvalue weighted by Crippen LogP contribution is 2.35. The van der Waals surface area contributed by atoms with Crippen molar-refractivity contribution in [3.63, 3.8) is 0 Å². The number of anilines is 1. The molecule has 2 N–H and O–H groups in total. The number of halogens is 1. The number of likely N-dealkylation sites (tertiary alicyclic amines) is 1. The van der Waals surface area contributed by atoms with Crippen LogP contribution in [0.25, 0.3) is 0 Å². The van der Waals surface area contributed by atoms with Gasteiger partial charge in [-0.15, -0.1) is 0 Å². The van der Waals surface area contributed by atoms with E-state index in [0.29, 0.717) is 31.1 Å². The fraction of sp³-hybridized carbons (Fsp3) is 0.500. The molecule has 0 saturated carbocycles. The molecule has 1 unspecified atom stereocenters. The minimum Gasteiger partial charge on any atom is -0.482 e. The number of fused-ring (bicyclic) bond motifs is 1. The summed E-state index contributed by atoms with van der Waals surface area (Å²) in [6.07, 6.45) is 0.899. The van der Waals surface area contributed by atoms with Crippen LogP contribution in [0.3, 0.4) is 0 Å². The molecule has 2 amide bonds. The highest BCUT2D eigenvalue weighted by atomic mass is 79.9. The Kier molecular flexibility index (Phi) is 4.33. The van der Waals surface area contributed by atoms with E-state index in [4.69, 9.17) is 10.5 Å². The number of hydrogen-bond acceptors (Lipinski definition) is 4. The number of carbonyl (C=O) groups is 2. The normalized spacial score (nSPS) is 23.7. The Hall–Kier alpha value is -1.60. The summed E-state index contributed by atoms with van der Waals surface area (Å²) in [4.78, 5) is 28.1. The van der Waals surface area contributed by atoms with Crippen LogP contribution in [0.4, 0.5) is 5.69 Å². The van der Waals surface area contributed by atoms with Gasteiger partial charge in [-0.25, -0.2) is 0 Å². The number of amides is 2. The molecule has 6 nitrogen and oxygen atoms in total. The van der Waals surface area contributed by atoms with Gasteiger partial charge in [0.1, 0.15) is 12.3 Å². The van der Waals surface area contributed by atoms with Gasteiger partial charge in [-0.2, -0.15) is 0 Å². The maximum atomic E-state index is 12.6. The summed E-state index contributed by atoms with van der Waals surface area (Å²) in [5.74, 6) is 0.361. The summed E-state index contributed by atoms with van der Waals surface area (Å²) in [5.41, 5.74) is 6.41. The standard InChI is InChI=1S/C16H20BrN3O3/c1-16(9-18)4-5-19(10-16)14(21)7-20-12-3-2-11(17)6-13(12)23-8-15(20)22/h2-3,6H,4-5,7-10,18H2,1H3. The Balaban J connectivity index is 1.75. The van der Waals surface area contributed by atoms with Crippen molar-refractivity contribution < 1.29 is 14.3 Å². The van der Waals surface area contributed by atoms with E-state index >= 15 is 0 Å². The lowest BCUT2D eigenvalue weighted by molar-refractivity contribution is -0.131. The SMILES string of the molecule is CC1(CN)CCN(C(=O)CN2C(=O)COc3cc(Br)ccc32)C1. The Morgan fingerprint density at radius 3 is 2.96 bits per heavy atom. The lowest BCUT2D eigenvalue weighted by Gasteiger charge is -2.30. The van der Waals surface area contributed by atoms with Crippen molar-refractivity contribution in [3.8, 4) is 5.75 Å². The predicted molar refractivity (Wildman–Crippen MR) is 90.3 cm³/mol. The van der Waals surface area contributed by atoms with E-state index < -0.39 is 0 Å². The van der Waals surface area contributed by atoms with Crippen molar-refractivity contribution in [1.82, 2.24) is 4.90 Å². The van der Waals surface area contributed by atoms with E-state index in [1.807, 2.05) is 6.07 Å². The van der Waals surface area contributed by atoms with E-state index in [-0.39, 0.29) is 30.4 Å². The van der Waals surface area contributed by atoms with Crippen LogP contribution in [0.2, 0.25) is 0 Å². The van der Waals surface area contributed by atoms with Gasteiger partial charge in [0.05, 0.1) is 5.69 Å². The first kappa shape index (κ1) is 16.3. The van der Waals surface area contributed by atoms with Gasteiger partial charge in [0, 0.05) is 17.6 Å². The third kappa shape index (κ3) is 3.21. The Labute approximate surface area is 143 Å². The Morgan fingerprint density at radius 1 is 1.48 bits per heavy atom. The van der Waals surface area contributed by atoms with Crippen LogP contribution in [0.5, 0.6) is 5.75 Å². The molecule has 124 valence electrons. The zero-order valence-electron chi connectivity index (χ0n) is 13.0. The molecule has 3 rings (SSSR count). The topological polar surface area (TPSA) is 75.9 Å². The maximum Gasteiger partial charge on any atom is 0.265 e. The molecule has 7 heteroatoms. The fourth-order valence-electron chi connectivity index (χ4n) is 2.99. The third-order valence-electron chi connectivity index (χ3n) is 4.56. The maximum absolute atomic E-state index is 12.6. The summed E-state index contributed by atoms with van der Waals surface area (Å²) >= 11 is 3.38. The first-order valence-electron chi connectivity index (χ1n) is 7.62. The van der Waals surface area contributed by atoms with E-state index in [1.165, 1.54) is 4.90 Å². The van der Waals surface area contributed by atoms with Crippen LogP contribution >= 0.6 is 15.9 Å². The van der Waals surface area contributed by atoms with E-state index in [0.717, 1.165) is 10.9 Å². The van der Waals surface area contributed by atoms with Crippen molar-refractivity contribution in [2.45, 2.75) is 13.3 Å². The number of benzene rings is 1. The highest BCUT2D eigenvalue weighted by molar-refractivity contribution is 9.10. The van der Waals surface area contributed by atoms with Crippen molar-refractivity contribution in [2.24, 2.45) is 11.1 Å². The molecular weight excluding hydrogens is 362 g/mol. The van der Waals surface area contributed by atoms with Gasteiger partial charge >= 0.3 is 0 Å². The molecular formula is C16H20BrN3O3. The van der Waals surface area contributed by atoms with E-state index in [2.05, 4.69) is 22.9 Å². The van der Waals surface area contributed by atoms with Gasteiger partial charge in [-0.05, 0) is 36.6 Å². The monoisotopic (exact) mass is 381 g/mol. The smallest absolute Gasteiger partial charge is 0.265 e. The number of ether oxygens (including phenoxy) is 1. The number of carbonyl (C=O) groups excluding carboxylic acids is 2. The van der Waals surface area contributed by atoms with Gasteiger partial charge in [-0.1, -0.05) is 22.9 Å². The van der Waals surface area contributed by atoms with Gasteiger partial charge in [0.15, 0.2) is 6.61 Å². The lowest BCUT2D eigenvalue weighted by Crippen LogP contribution is -2.46. The Bertz CT molecular complexity index is 651. The third-order valence-corrected chi connectivity index (χ3v) is 5.05. The molecule has 1 saturated heterocycles. The molecule has 0 aliphatic carbocycles. The van der Waals surface area contributed by atoms with Crippen molar-refractivity contribution in [2.75, 3.05) is 37.7 Å². The van der Waals surface area contributed by atoms with Crippen LogP contribution in [0.1, 0.15) is 13.3 Å². The first-order valence-corrected chi connectivity index (χ1v) is 8.42. The van der Waals surface area contributed by atoms with E-state index in [1.54, 1.807) is 17.0 Å². The predicted octanol–water partition coefficient (Wildman–Crippen LogP) is 1.37. The molecule has 1 atom stereocenters. The van der Waals surface area contributed by atoms with Gasteiger partial charge in [0.25, 0.3) is 5.91 Å². The Morgan fingerprint density at radius 2 is 2.26 bits per heavy atom. The summed E-state index contributed by atoms with van der Waals surface area (Å²) in [6.45, 7) is 3.98. The number of nitrogens with zero attached hydrogens (tertiary/aromatic N) is 2. The number of nitrogens with two attached hydrogens (primary N) is 1. The molecule has 23 heavy (non-hydrogen) atoms. The largest absolute Gasteiger partial charge is 0.482 e. The van der Waals surface area contributed by atoms with Crippen LogP contribution < -0.4 is 15.4 Å². The molecule has 0 bridgehead atoms. The molecule has 1 aromatic carbocycles. The first-order chi connectivity index (χ1) is 10.9. The summed E-state index contributed by atoms with van der Waals surface area (Å²) in [5, 5.41) is 0. The van der Waals surface area contributed by atoms with Crippen LogP contribution in [-0.2, 0) is 9.59 Å². The van der Waals surface area contributed by atoms with Crippen LogP contribution in [0.15, 0.2) is 22.7 Å². The highest BCUT2D eigenvalue weighted by Gasteiger charge is 2.36. The average molecular weight is 382 g/mol. The van der Waals surface area contributed by atoms with Crippen molar-refractivity contribution >= 4 is 33.4 Å². The summed E-state index contributed by atoms with van der Waals surface area (Å²) in [7, 11) is 0. The van der Waals surface area contributed by atoms with Crippen LogP contribution in [0, 0.1) is 5.41 Å². The minimum absolute atomic E-state index is 0.0204. The van der Waals surface area contributed by atoms with Crippen molar-refractivity contribution in [3.05, 3.63) is 22.7 Å². The summed E-state index contributed by atoms with van der Waals surface area (Å²) in [6, 6.07) is 5.43. The fourth-order valence-corrected chi connectivity index (χ4v) is 3.33. The molecule has 1 fully saturated rings. The molecule has 2 aliphatic heterocycles. The zero-order valence-corrected chi connectivity index (χ0v) is 14.6. The summed E-state index contributed by atoms with van der Waals surface area (Å²) < 4.78 is 6.31. The molecule has 2 heterocycles. The molecule has 0 radical (unpaired) electrons. The number of hydrogen-bond donors (Lipinski definition) is 1. The average Bonchev–Trinajstić information content (AvgIpc) is 2.93. The van der Waals surface area contributed by atoms with Gasteiger partial charge < -0.3 is 15.4 Å². The molecule has 0 aromatic heterocycles. The second-order valence-corrected chi connectivity index (χ2v) is 7.38. The van der Waals surface area contributed by atoms with Gasteiger partial charge in [0.2, 0.25) is 5.91 Å². The molecule has 1 aromatic rings. The molecule has 0 spiro atoms. The second kappa shape index (κ2) is 6.13. The molecule has 2 aliphatic rings. The van der Waals surface area contributed by atoms with Crippen molar-refractivity contribution in [1.29, 1.82) is 0 Å². The van der Waals surface area contributed by atoms with E-state index in [9.17, 15) is 9.59 Å². The second-order valence-electron chi connectivity index (χ2n) is 6.46. The lowest BCUT2D eigenvalue weighted by atomic mass is 9.90.